The minimum absolute atomic E-state index is 0.0983. The van der Waals surface area contributed by atoms with Crippen LogP contribution in [0.25, 0.3) is 0 Å². The molecule has 0 amide bonds. The zero-order valence-electron chi connectivity index (χ0n) is 19.5. The number of halogens is 1. The molecule has 0 saturated heterocycles. The van der Waals surface area contributed by atoms with Gasteiger partial charge in [0.1, 0.15) is 17.2 Å². The number of aromatic hydroxyl groups is 1. The van der Waals surface area contributed by atoms with Crippen LogP contribution in [0.3, 0.4) is 0 Å². The first-order chi connectivity index (χ1) is 16.7. The fourth-order valence-corrected chi connectivity index (χ4v) is 5.06. The molecule has 2 aromatic carbocycles. The van der Waals surface area contributed by atoms with Gasteiger partial charge in [0.2, 0.25) is 0 Å². The Morgan fingerprint density at radius 2 is 1.71 bits per heavy atom. The van der Waals surface area contributed by atoms with E-state index in [1.54, 1.807) is 31.2 Å². The molecular weight excluding hydrogens is 473 g/mol. The molecule has 4 atom stereocenters. The van der Waals surface area contributed by atoms with Crippen LogP contribution in [0.1, 0.15) is 41.6 Å². The summed E-state index contributed by atoms with van der Waals surface area (Å²) in [6.45, 7) is 3.15. The van der Waals surface area contributed by atoms with Crippen molar-refractivity contribution in [3.63, 3.8) is 0 Å². The van der Waals surface area contributed by atoms with Crippen LogP contribution < -0.4 is 4.74 Å². The van der Waals surface area contributed by atoms with Crippen molar-refractivity contribution in [3.8, 4) is 11.5 Å². The predicted octanol–water partition coefficient (Wildman–Crippen LogP) is 4.62. The van der Waals surface area contributed by atoms with Gasteiger partial charge in [-0.05, 0) is 36.8 Å². The largest absolute Gasteiger partial charge is 0.503 e. The maximum atomic E-state index is 13.4. The van der Waals surface area contributed by atoms with Crippen molar-refractivity contribution in [2.45, 2.75) is 36.5 Å². The van der Waals surface area contributed by atoms with Crippen LogP contribution in [0.15, 0.2) is 71.8 Å². The highest BCUT2D eigenvalue weighted by atomic mass is 32.2. The van der Waals surface area contributed by atoms with Crippen molar-refractivity contribution >= 4 is 22.6 Å². The second kappa shape index (κ2) is 11.7. The summed E-state index contributed by atoms with van der Waals surface area (Å²) in [5.74, 6) is -2.81. The van der Waals surface area contributed by atoms with Gasteiger partial charge in [0.05, 0.1) is 23.8 Å². The quantitative estimate of drug-likeness (QED) is 0.321. The Morgan fingerprint density at radius 3 is 2.34 bits per heavy atom. The molecule has 0 radical (unpaired) electrons. The van der Waals surface area contributed by atoms with Crippen molar-refractivity contribution in [3.05, 3.63) is 83.9 Å². The number of ketones is 1. The van der Waals surface area contributed by atoms with Crippen LogP contribution in [-0.2, 0) is 20.3 Å². The molecule has 3 rings (SSSR count). The molecule has 35 heavy (non-hydrogen) atoms. The number of nitrogens with zero attached hydrogens (tertiary/aromatic N) is 1. The van der Waals surface area contributed by atoms with Crippen molar-refractivity contribution < 1.29 is 32.8 Å². The number of rotatable bonds is 10. The lowest BCUT2D eigenvalue weighted by atomic mass is 10.0. The highest BCUT2D eigenvalue weighted by Gasteiger charge is 2.32. The normalized spacial score (nSPS) is 14.4. The van der Waals surface area contributed by atoms with Gasteiger partial charge in [-0.2, -0.15) is 0 Å². The van der Waals surface area contributed by atoms with Crippen molar-refractivity contribution in [2.24, 2.45) is 5.92 Å². The highest BCUT2D eigenvalue weighted by Crippen LogP contribution is 2.32. The Hall–Kier alpha value is -3.59. The van der Waals surface area contributed by atoms with E-state index in [9.17, 15) is 23.3 Å². The topological polar surface area (TPSA) is 103 Å². The molecule has 0 spiro atoms. The van der Waals surface area contributed by atoms with Gasteiger partial charge in [-0.1, -0.05) is 37.3 Å². The molecule has 1 aromatic heterocycles. The summed E-state index contributed by atoms with van der Waals surface area (Å²) in [4.78, 5) is 29.8. The Morgan fingerprint density at radius 1 is 1.06 bits per heavy atom. The van der Waals surface area contributed by atoms with Crippen LogP contribution in [0.5, 0.6) is 11.5 Å². The zero-order valence-corrected chi connectivity index (χ0v) is 20.3. The molecule has 0 aliphatic carbocycles. The molecule has 0 aliphatic rings. The number of hydrogen-bond acceptors (Lipinski definition) is 7. The summed E-state index contributed by atoms with van der Waals surface area (Å²) < 4.78 is 37.4. The Kier molecular flexibility index (Phi) is 8.70. The van der Waals surface area contributed by atoms with Crippen LogP contribution in [0.2, 0.25) is 0 Å². The molecule has 7 nitrogen and oxygen atoms in total. The number of esters is 1. The number of ether oxygens (including phenoxy) is 2. The van der Waals surface area contributed by atoms with E-state index in [4.69, 9.17) is 9.47 Å². The maximum Gasteiger partial charge on any atom is 0.309 e. The molecule has 0 aliphatic heterocycles. The summed E-state index contributed by atoms with van der Waals surface area (Å²) in [6, 6.07) is 15.7. The lowest BCUT2D eigenvalue weighted by Crippen LogP contribution is -2.29. The van der Waals surface area contributed by atoms with Crippen LogP contribution in [0, 0.1) is 11.7 Å². The van der Waals surface area contributed by atoms with Crippen LogP contribution in [0.4, 0.5) is 4.39 Å². The third-order valence-corrected chi connectivity index (χ3v) is 7.25. The molecule has 1 N–H and O–H groups in total. The number of benzene rings is 2. The summed E-state index contributed by atoms with van der Waals surface area (Å²) in [6.07, 6.45) is 0.249. The lowest BCUT2D eigenvalue weighted by molar-refractivity contribution is -0.152. The van der Waals surface area contributed by atoms with Gasteiger partial charge in [-0.25, -0.2) is 9.37 Å². The SMILES string of the molecule is COc1ccnc(C(=O)C[C@@H](C)C(=O)O[C@@H](C)[C@@H](c2ccccc2)S(=O)c2ccc(F)cc2)c1O. The van der Waals surface area contributed by atoms with E-state index in [1.807, 2.05) is 6.07 Å². The number of Topliss-reactive ketones (excluding diaryl/α,β-unsaturated/α-hetero) is 1. The van der Waals surface area contributed by atoms with E-state index >= 15 is 0 Å². The Labute approximate surface area is 205 Å². The first kappa shape index (κ1) is 26.0. The third-order valence-electron chi connectivity index (χ3n) is 5.40. The standard InChI is InChI=1S/C26H26FNO6S/c1-16(15-21(29)23-24(30)22(33-3)13-14-28-23)26(31)34-17(2)25(18-7-5-4-6-8-18)35(32)20-11-9-19(27)10-12-20/h4-14,16-17,25,30H,15H2,1-3H3/t16-,17+,25+,35?/m1/s1. The molecular formula is C26H26FNO6S. The fraction of sp³-hybridized carbons (Fsp3) is 0.269. The smallest absolute Gasteiger partial charge is 0.309 e. The molecule has 184 valence electrons. The summed E-state index contributed by atoms with van der Waals surface area (Å²) in [7, 11) is -0.304. The molecule has 3 aromatic rings. The van der Waals surface area contributed by atoms with Gasteiger partial charge < -0.3 is 14.6 Å². The average molecular weight is 500 g/mol. The van der Waals surface area contributed by atoms with Crippen molar-refractivity contribution in [1.82, 2.24) is 4.98 Å². The Bertz CT molecular complexity index is 1200. The number of aromatic nitrogens is 1. The molecule has 0 saturated carbocycles. The van der Waals surface area contributed by atoms with Crippen LogP contribution in [-0.4, -0.2) is 39.3 Å². The summed E-state index contributed by atoms with van der Waals surface area (Å²) in [5, 5.41) is 9.44. The monoisotopic (exact) mass is 499 g/mol. The zero-order chi connectivity index (χ0) is 25.5. The van der Waals surface area contributed by atoms with Crippen LogP contribution >= 0.6 is 0 Å². The fourth-order valence-electron chi connectivity index (χ4n) is 3.55. The average Bonchev–Trinajstić information content (AvgIpc) is 2.85. The number of pyridine rings is 1. The molecule has 9 heteroatoms. The minimum Gasteiger partial charge on any atom is -0.503 e. The third kappa shape index (κ3) is 6.30. The summed E-state index contributed by atoms with van der Waals surface area (Å²) >= 11 is 0. The summed E-state index contributed by atoms with van der Waals surface area (Å²) in [5.41, 5.74) is 0.487. The van der Waals surface area contributed by atoms with Gasteiger partial charge in [0, 0.05) is 23.6 Å². The highest BCUT2D eigenvalue weighted by molar-refractivity contribution is 7.85. The second-order valence-electron chi connectivity index (χ2n) is 7.96. The molecule has 0 bridgehead atoms. The van der Waals surface area contributed by atoms with E-state index in [-0.39, 0.29) is 17.9 Å². The van der Waals surface area contributed by atoms with E-state index in [1.165, 1.54) is 50.6 Å². The predicted molar refractivity (Wildman–Crippen MR) is 128 cm³/mol. The number of carbonyl (C=O) groups is 2. The number of carbonyl (C=O) groups excluding carboxylic acids is 2. The van der Waals surface area contributed by atoms with Gasteiger partial charge in [0.15, 0.2) is 23.0 Å². The first-order valence-electron chi connectivity index (χ1n) is 10.9. The van der Waals surface area contributed by atoms with Gasteiger partial charge in [0.25, 0.3) is 0 Å². The number of methoxy groups -OCH3 is 1. The maximum absolute atomic E-state index is 13.4. The second-order valence-corrected chi connectivity index (χ2v) is 9.54. The molecule has 0 fully saturated rings. The molecule has 1 unspecified atom stereocenters. The lowest BCUT2D eigenvalue weighted by Gasteiger charge is -2.25. The minimum atomic E-state index is -1.66. The van der Waals surface area contributed by atoms with E-state index in [2.05, 4.69) is 4.98 Å². The molecule has 1 heterocycles. The van der Waals surface area contributed by atoms with Gasteiger partial charge in [-0.3, -0.25) is 13.8 Å². The van der Waals surface area contributed by atoms with Crippen molar-refractivity contribution in [2.75, 3.05) is 7.11 Å². The number of hydrogen-bond donors (Lipinski definition) is 1. The van der Waals surface area contributed by atoms with E-state index in [0.717, 1.165) is 0 Å². The Balaban J connectivity index is 1.76. The van der Waals surface area contributed by atoms with E-state index in [0.29, 0.717) is 10.5 Å². The first-order valence-corrected chi connectivity index (χ1v) is 12.1. The van der Waals surface area contributed by atoms with Gasteiger partial charge >= 0.3 is 5.97 Å². The van der Waals surface area contributed by atoms with Crippen molar-refractivity contribution in [1.29, 1.82) is 0 Å². The van der Waals surface area contributed by atoms with E-state index < -0.39 is 51.4 Å². The van der Waals surface area contributed by atoms with Gasteiger partial charge in [-0.15, -0.1) is 0 Å².